The molecule has 0 aliphatic carbocycles. The lowest BCUT2D eigenvalue weighted by Gasteiger charge is -2.18. The number of fused-ring (bicyclic) bond motifs is 12. The van der Waals surface area contributed by atoms with Crippen LogP contribution in [0, 0.1) is 0 Å². The van der Waals surface area contributed by atoms with E-state index >= 15 is 0 Å². The Morgan fingerprint density at radius 1 is 0.183 bits per heavy atom. The van der Waals surface area contributed by atoms with Gasteiger partial charge in [0.15, 0.2) is 17.5 Å². The molecular formula is C75H47N7. The summed E-state index contributed by atoms with van der Waals surface area (Å²) in [6.07, 6.45) is 0. The maximum atomic E-state index is 5.26. The van der Waals surface area contributed by atoms with Gasteiger partial charge < -0.3 is 18.3 Å². The third-order valence-corrected chi connectivity index (χ3v) is 16.6. The zero-order chi connectivity index (χ0) is 53.8. The molecule has 17 aromatic rings. The highest BCUT2D eigenvalue weighted by Crippen LogP contribution is 2.42. The van der Waals surface area contributed by atoms with Gasteiger partial charge in [-0.15, -0.1) is 0 Å². The van der Waals surface area contributed by atoms with Crippen LogP contribution in [0.5, 0.6) is 0 Å². The summed E-state index contributed by atoms with van der Waals surface area (Å²) in [5, 5.41) is 9.73. The minimum Gasteiger partial charge on any atom is -0.309 e. The molecular weight excluding hydrogens is 999 g/mol. The first-order valence-electron chi connectivity index (χ1n) is 27.8. The van der Waals surface area contributed by atoms with Crippen LogP contribution in [-0.2, 0) is 0 Å². The second kappa shape index (κ2) is 18.2. The van der Waals surface area contributed by atoms with Gasteiger partial charge in [-0.2, -0.15) is 0 Å². The minimum atomic E-state index is 0.602. The molecule has 7 nitrogen and oxygen atoms in total. The van der Waals surface area contributed by atoms with E-state index in [9.17, 15) is 0 Å². The first kappa shape index (κ1) is 45.8. The Morgan fingerprint density at radius 2 is 0.524 bits per heavy atom. The molecule has 0 unspecified atom stereocenters. The molecule has 5 aromatic heterocycles. The molecule has 17 rings (SSSR count). The van der Waals surface area contributed by atoms with Crippen LogP contribution in [0.25, 0.3) is 155 Å². The lowest BCUT2D eigenvalue weighted by Crippen LogP contribution is -2.04. The zero-order valence-corrected chi connectivity index (χ0v) is 44.3. The van der Waals surface area contributed by atoms with Crippen molar-refractivity contribution in [2.45, 2.75) is 0 Å². The average Bonchev–Trinajstić information content (AvgIpc) is 2.99. The molecule has 0 bridgehead atoms. The highest BCUT2D eigenvalue weighted by Gasteiger charge is 2.23. The van der Waals surface area contributed by atoms with Crippen LogP contribution in [0.1, 0.15) is 0 Å². The van der Waals surface area contributed by atoms with Gasteiger partial charge in [-0.05, 0) is 96.1 Å². The number of para-hydroxylation sites is 7. The van der Waals surface area contributed by atoms with Crippen molar-refractivity contribution in [1.29, 1.82) is 0 Å². The Bertz CT molecular complexity index is 5250. The average molecular weight is 1050 g/mol. The molecule has 0 aliphatic heterocycles. The van der Waals surface area contributed by atoms with Crippen LogP contribution in [0.3, 0.4) is 0 Å². The van der Waals surface area contributed by atoms with Crippen LogP contribution < -0.4 is 0 Å². The third-order valence-electron chi connectivity index (χ3n) is 16.6. The summed E-state index contributed by atoms with van der Waals surface area (Å²) >= 11 is 0. The van der Waals surface area contributed by atoms with Gasteiger partial charge in [0.25, 0.3) is 0 Å². The maximum Gasteiger partial charge on any atom is 0.164 e. The quantitative estimate of drug-likeness (QED) is 0.152. The van der Waals surface area contributed by atoms with Gasteiger partial charge in [-0.25, -0.2) is 15.0 Å². The van der Waals surface area contributed by atoms with Gasteiger partial charge in [0, 0.05) is 71.2 Å². The lowest BCUT2D eigenvalue weighted by atomic mass is 10.0. The van der Waals surface area contributed by atoms with E-state index in [2.05, 4.69) is 285 Å². The van der Waals surface area contributed by atoms with Crippen molar-refractivity contribution < 1.29 is 0 Å². The Kier molecular flexibility index (Phi) is 10.2. The molecule has 0 saturated carbocycles. The van der Waals surface area contributed by atoms with Crippen molar-refractivity contribution in [3.05, 3.63) is 285 Å². The fraction of sp³-hybridized carbons (Fsp3) is 0. The predicted octanol–water partition coefficient (Wildman–Crippen LogP) is 18.9. The second-order valence-electron chi connectivity index (χ2n) is 21.2. The van der Waals surface area contributed by atoms with Gasteiger partial charge in [-0.1, -0.05) is 200 Å². The molecule has 0 spiro atoms. The largest absolute Gasteiger partial charge is 0.309 e. The molecule has 82 heavy (non-hydrogen) atoms. The fourth-order valence-corrected chi connectivity index (χ4v) is 13.0. The van der Waals surface area contributed by atoms with Crippen molar-refractivity contribution in [3.8, 4) is 68.0 Å². The highest BCUT2D eigenvalue weighted by molar-refractivity contribution is 6.14. The Labute approximate surface area is 471 Å². The van der Waals surface area contributed by atoms with Crippen LogP contribution >= 0.6 is 0 Å². The fourth-order valence-electron chi connectivity index (χ4n) is 13.0. The molecule has 0 amide bonds. The zero-order valence-electron chi connectivity index (χ0n) is 44.3. The topological polar surface area (TPSA) is 58.4 Å². The van der Waals surface area contributed by atoms with Crippen molar-refractivity contribution in [1.82, 2.24) is 33.2 Å². The summed E-state index contributed by atoms with van der Waals surface area (Å²) in [6, 6.07) is 102. The molecule has 0 fully saturated rings. The van der Waals surface area contributed by atoms with E-state index in [-0.39, 0.29) is 0 Å². The molecule has 12 aromatic carbocycles. The summed E-state index contributed by atoms with van der Waals surface area (Å²) in [5.41, 5.74) is 18.4. The van der Waals surface area contributed by atoms with Crippen molar-refractivity contribution in [3.63, 3.8) is 0 Å². The van der Waals surface area contributed by atoms with Crippen LogP contribution in [0.2, 0.25) is 0 Å². The lowest BCUT2D eigenvalue weighted by molar-refractivity contribution is 1.07. The van der Waals surface area contributed by atoms with E-state index in [4.69, 9.17) is 15.0 Å². The number of nitrogens with zero attached hydrogens (tertiary/aromatic N) is 7. The summed E-state index contributed by atoms with van der Waals surface area (Å²) in [5.74, 6) is 1.82. The van der Waals surface area contributed by atoms with Gasteiger partial charge in [0.1, 0.15) is 0 Å². The van der Waals surface area contributed by atoms with Crippen molar-refractivity contribution in [2.75, 3.05) is 0 Å². The molecule has 7 heteroatoms. The third kappa shape index (κ3) is 7.06. The van der Waals surface area contributed by atoms with E-state index in [0.29, 0.717) is 17.5 Å². The van der Waals surface area contributed by atoms with E-state index < -0.39 is 0 Å². The molecule has 0 N–H and O–H groups in total. The molecule has 0 radical (unpaired) electrons. The van der Waals surface area contributed by atoms with Gasteiger partial charge in [0.05, 0.1) is 55.5 Å². The van der Waals surface area contributed by atoms with E-state index in [1.54, 1.807) is 0 Å². The minimum absolute atomic E-state index is 0.602. The summed E-state index contributed by atoms with van der Waals surface area (Å²) < 4.78 is 9.67. The summed E-state index contributed by atoms with van der Waals surface area (Å²) in [6.45, 7) is 0. The number of benzene rings is 12. The van der Waals surface area contributed by atoms with Crippen molar-refractivity contribution in [2.24, 2.45) is 0 Å². The molecule has 0 atom stereocenters. The normalized spacial score (nSPS) is 11.9. The first-order chi connectivity index (χ1) is 40.7. The Hall–Kier alpha value is -11.2. The SMILES string of the molecule is c1ccc(-c2nc(-c3ccc(-c4ccc(-n5c6ccccc6c6ccccc65)c(-n5c6ccccc6c6cc(-n7c8ccccc8c8ccccc87)ccc65)c4)cc3)nc(-c3cccc(-n4c5ccccc5c5ccccc54)c3)n2)cc1. The molecule has 5 heterocycles. The van der Waals surface area contributed by atoms with Crippen molar-refractivity contribution >= 4 is 87.2 Å². The van der Waals surface area contributed by atoms with Crippen LogP contribution in [-0.4, -0.2) is 33.2 Å². The maximum absolute atomic E-state index is 5.26. The summed E-state index contributed by atoms with van der Waals surface area (Å²) in [7, 11) is 0. The second-order valence-corrected chi connectivity index (χ2v) is 21.2. The molecule has 382 valence electrons. The number of hydrogen-bond acceptors (Lipinski definition) is 3. The smallest absolute Gasteiger partial charge is 0.164 e. The van der Waals surface area contributed by atoms with E-state index in [0.717, 1.165) is 83.7 Å². The number of aromatic nitrogens is 7. The molecule has 0 aliphatic rings. The van der Waals surface area contributed by atoms with Crippen LogP contribution in [0.4, 0.5) is 0 Å². The summed E-state index contributed by atoms with van der Waals surface area (Å²) in [4.78, 5) is 15.6. The molecule has 0 saturated heterocycles. The predicted molar refractivity (Wildman–Crippen MR) is 339 cm³/mol. The van der Waals surface area contributed by atoms with Gasteiger partial charge >= 0.3 is 0 Å². The van der Waals surface area contributed by atoms with E-state index in [1.165, 1.54) is 54.1 Å². The van der Waals surface area contributed by atoms with Gasteiger partial charge in [-0.3, -0.25) is 0 Å². The van der Waals surface area contributed by atoms with Gasteiger partial charge in [0.2, 0.25) is 0 Å². The monoisotopic (exact) mass is 1050 g/mol. The van der Waals surface area contributed by atoms with E-state index in [1.807, 2.05) is 18.2 Å². The highest BCUT2D eigenvalue weighted by atomic mass is 15.1. The number of rotatable bonds is 8. The first-order valence-corrected chi connectivity index (χ1v) is 27.8. The Balaban J connectivity index is 0.826. The standard InChI is InChI=1S/C75H47N7/c1-2-19-49(20-3-1)73-76-74(78-75(77-73)52-21-18-22-53(45-52)79-63-30-11-4-23-55(63)56-24-5-12-31-64(56)79)50-39-37-48(38-40-50)51-41-43-71(81-67-34-15-8-27-59(67)60-28-9-16-35-68(60)81)72(46-51)82-69-36-17-10-29-61(69)62-47-54(42-44-70(62)82)80-65-32-13-6-25-57(65)58-26-7-14-33-66(58)80/h1-47H. The Morgan fingerprint density at radius 3 is 1.01 bits per heavy atom. The van der Waals surface area contributed by atoms with Crippen LogP contribution in [0.15, 0.2) is 285 Å². The number of hydrogen-bond donors (Lipinski definition) is 0.